The van der Waals surface area contributed by atoms with Crippen LogP contribution in [0.3, 0.4) is 0 Å². The summed E-state index contributed by atoms with van der Waals surface area (Å²) in [6.07, 6.45) is 0.790. The van der Waals surface area contributed by atoms with Crippen molar-refractivity contribution in [2.45, 2.75) is 33.2 Å². The zero-order valence-corrected chi connectivity index (χ0v) is 12.9. The van der Waals surface area contributed by atoms with E-state index < -0.39 is 0 Å². The van der Waals surface area contributed by atoms with E-state index in [2.05, 4.69) is 17.3 Å². The zero-order valence-electron chi connectivity index (χ0n) is 11.3. The van der Waals surface area contributed by atoms with Crippen LogP contribution in [0.15, 0.2) is 18.2 Å². The first-order chi connectivity index (χ1) is 9.01. The van der Waals surface area contributed by atoms with E-state index in [0.717, 1.165) is 33.3 Å². The lowest BCUT2D eigenvalue weighted by atomic mass is 9.99. The number of thiazole rings is 1. The van der Waals surface area contributed by atoms with Crippen LogP contribution < -0.4 is 11.3 Å². The molecule has 0 aliphatic rings. The second-order valence-electron chi connectivity index (χ2n) is 4.67. The Hall–Kier alpha value is -0.940. The smallest absolute Gasteiger partial charge is 0.0950 e. The first-order valence-electron chi connectivity index (χ1n) is 6.16. The third-order valence-corrected chi connectivity index (χ3v) is 4.59. The van der Waals surface area contributed by atoms with Gasteiger partial charge in [-0.15, -0.1) is 11.3 Å². The lowest BCUT2D eigenvalue weighted by molar-refractivity contribution is 0.548. The van der Waals surface area contributed by atoms with Gasteiger partial charge in [0.05, 0.1) is 16.7 Å². The van der Waals surface area contributed by atoms with Crippen molar-refractivity contribution in [2.75, 3.05) is 0 Å². The minimum absolute atomic E-state index is 0.0576. The van der Waals surface area contributed by atoms with Gasteiger partial charge in [-0.05, 0) is 44.0 Å². The largest absolute Gasteiger partial charge is 0.271 e. The van der Waals surface area contributed by atoms with Crippen molar-refractivity contribution in [3.05, 3.63) is 49.9 Å². The van der Waals surface area contributed by atoms with Gasteiger partial charge in [-0.1, -0.05) is 17.7 Å². The van der Waals surface area contributed by atoms with Gasteiger partial charge < -0.3 is 0 Å². The molecule has 0 aliphatic carbocycles. The normalized spacial score (nSPS) is 12.7. The lowest BCUT2D eigenvalue weighted by Crippen LogP contribution is -2.30. The van der Waals surface area contributed by atoms with Gasteiger partial charge in [0.1, 0.15) is 0 Å². The van der Waals surface area contributed by atoms with Crippen LogP contribution in [0.2, 0.25) is 5.02 Å². The molecule has 2 rings (SSSR count). The zero-order chi connectivity index (χ0) is 14.0. The van der Waals surface area contributed by atoms with Crippen molar-refractivity contribution >= 4 is 22.9 Å². The van der Waals surface area contributed by atoms with Crippen LogP contribution in [-0.4, -0.2) is 4.98 Å². The van der Waals surface area contributed by atoms with Gasteiger partial charge in [0.2, 0.25) is 0 Å². The molecule has 1 unspecified atom stereocenters. The van der Waals surface area contributed by atoms with Gasteiger partial charge in [0, 0.05) is 16.3 Å². The maximum Gasteiger partial charge on any atom is 0.0950 e. The second-order valence-corrected chi connectivity index (χ2v) is 6.40. The number of hydrogen-bond donors (Lipinski definition) is 2. The van der Waals surface area contributed by atoms with Crippen molar-refractivity contribution in [2.24, 2.45) is 5.84 Å². The lowest BCUT2D eigenvalue weighted by Gasteiger charge is -2.17. The maximum absolute atomic E-state index is 5.99. The fourth-order valence-electron chi connectivity index (χ4n) is 2.09. The maximum atomic E-state index is 5.99. The van der Waals surface area contributed by atoms with Gasteiger partial charge in [-0.2, -0.15) is 0 Å². The van der Waals surface area contributed by atoms with E-state index in [-0.39, 0.29) is 6.04 Å². The molecule has 1 heterocycles. The summed E-state index contributed by atoms with van der Waals surface area (Å²) in [5.74, 6) is 5.70. The molecule has 3 nitrogen and oxygen atoms in total. The Labute approximate surface area is 122 Å². The Kier molecular flexibility index (Phi) is 4.58. The summed E-state index contributed by atoms with van der Waals surface area (Å²) in [7, 11) is 0. The molecule has 5 heteroatoms. The predicted molar refractivity (Wildman–Crippen MR) is 81.5 cm³/mol. The summed E-state index contributed by atoms with van der Waals surface area (Å²) >= 11 is 7.72. The van der Waals surface area contributed by atoms with Crippen molar-refractivity contribution in [1.82, 2.24) is 10.4 Å². The predicted octanol–water partition coefficient (Wildman–Crippen LogP) is 3.47. The van der Waals surface area contributed by atoms with Crippen LogP contribution in [0.4, 0.5) is 0 Å². The summed E-state index contributed by atoms with van der Waals surface area (Å²) < 4.78 is 0. The molecule has 0 aliphatic heterocycles. The SMILES string of the molecule is Cc1cc(Cl)ccc1C(Cc1nc(C)c(C)s1)NN. The molecule has 0 bridgehead atoms. The van der Waals surface area contributed by atoms with Gasteiger partial charge in [-0.3, -0.25) is 11.3 Å². The fraction of sp³-hybridized carbons (Fsp3) is 0.357. The van der Waals surface area contributed by atoms with Gasteiger partial charge in [0.25, 0.3) is 0 Å². The Bertz CT molecular complexity index is 561. The van der Waals surface area contributed by atoms with Gasteiger partial charge >= 0.3 is 0 Å². The number of halogens is 1. The topological polar surface area (TPSA) is 50.9 Å². The quantitative estimate of drug-likeness (QED) is 0.671. The van der Waals surface area contributed by atoms with Gasteiger partial charge in [-0.25, -0.2) is 4.98 Å². The minimum atomic E-state index is 0.0576. The van der Waals surface area contributed by atoms with Crippen LogP contribution in [0, 0.1) is 20.8 Å². The molecule has 3 N–H and O–H groups in total. The van der Waals surface area contributed by atoms with Crippen molar-refractivity contribution < 1.29 is 0 Å². The van der Waals surface area contributed by atoms with E-state index in [1.165, 1.54) is 4.88 Å². The second kappa shape index (κ2) is 6.01. The highest BCUT2D eigenvalue weighted by Crippen LogP contribution is 2.26. The average molecular weight is 296 g/mol. The molecule has 0 fully saturated rings. The molecule has 19 heavy (non-hydrogen) atoms. The number of rotatable bonds is 4. The summed E-state index contributed by atoms with van der Waals surface area (Å²) in [6, 6.07) is 5.93. The molecule has 0 amide bonds. The van der Waals surface area contributed by atoms with Crippen LogP contribution in [0.1, 0.15) is 32.7 Å². The summed E-state index contributed by atoms with van der Waals surface area (Å²) in [5, 5.41) is 1.85. The molecular weight excluding hydrogens is 278 g/mol. The van der Waals surface area contributed by atoms with E-state index >= 15 is 0 Å². The first kappa shape index (κ1) is 14.5. The van der Waals surface area contributed by atoms with E-state index in [1.54, 1.807) is 11.3 Å². The van der Waals surface area contributed by atoms with E-state index in [9.17, 15) is 0 Å². The third-order valence-electron chi connectivity index (χ3n) is 3.26. The molecule has 102 valence electrons. The van der Waals surface area contributed by atoms with Gasteiger partial charge in [0.15, 0.2) is 0 Å². The molecule has 1 aromatic carbocycles. The standard InChI is InChI=1S/C14H18ClN3S/c1-8-6-11(15)4-5-12(8)13(18-16)7-14-17-9(2)10(3)19-14/h4-6,13,18H,7,16H2,1-3H3. The highest BCUT2D eigenvalue weighted by Gasteiger charge is 2.15. The number of hydrogen-bond acceptors (Lipinski definition) is 4. The van der Waals surface area contributed by atoms with Crippen LogP contribution in [0.25, 0.3) is 0 Å². The van der Waals surface area contributed by atoms with E-state index in [0.29, 0.717) is 0 Å². The monoisotopic (exact) mass is 295 g/mol. The van der Waals surface area contributed by atoms with Crippen LogP contribution in [0.5, 0.6) is 0 Å². The highest BCUT2D eigenvalue weighted by atomic mass is 35.5. The first-order valence-corrected chi connectivity index (χ1v) is 7.35. The highest BCUT2D eigenvalue weighted by molar-refractivity contribution is 7.11. The van der Waals surface area contributed by atoms with Crippen molar-refractivity contribution in [1.29, 1.82) is 0 Å². The van der Waals surface area contributed by atoms with Crippen molar-refractivity contribution in [3.63, 3.8) is 0 Å². The molecule has 1 aromatic heterocycles. The number of hydrazine groups is 1. The van der Waals surface area contributed by atoms with E-state index in [4.69, 9.17) is 17.4 Å². The average Bonchev–Trinajstić information content (AvgIpc) is 2.66. The summed E-state index contributed by atoms with van der Waals surface area (Å²) in [4.78, 5) is 5.83. The molecule has 0 radical (unpaired) electrons. The third kappa shape index (κ3) is 3.34. The summed E-state index contributed by atoms with van der Waals surface area (Å²) in [6.45, 7) is 6.17. The number of aryl methyl sites for hydroxylation is 3. The minimum Gasteiger partial charge on any atom is -0.271 e. The fourth-order valence-corrected chi connectivity index (χ4v) is 3.30. The Balaban J connectivity index is 2.24. The number of nitrogens with one attached hydrogen (secondary N) is 1. The van der Waals surface area contributed by atoms with E-state index in [1.807, 2.05) is 32.0 Å². The van der Waals surface area contributed by atoms with Crippen LogP contribution >= 0.6 is 22.9 Å². The number of aromatic nitrogens is 1. The molecule has 2 aromatic rings. The number of benzene rings is 1. The Morgan fingerprint density at radius 3 is 2.63 bits per heavy atom. The molecule has 0 spiro atoms. The molecule has 1 atom stereocenters. The molecular formula is C14H18ClN3S. The Morgan fingerprint density at radius 2 is 2.11 bits per heavy atom. The van der Waals surface area contributed by atoms with Crippen molar-refractivity contribution in [3.8, 4) is 0 Å². The van der Waals surface area contributed by atoms with Crippen LogP contribution in [-0.2, 0) is 6.42 Å². The molecule has 0 saturated carbocycles. The number of nitrogens with two attached hydrogens (primary N) is 1. The Morgan fingerprint density at radius 1 is 1.37 bits per heavy atom. The summed E-state index contributed by atoms with van der Waals surface area (Å²) in [5.41, 5.74) is 6.28. The number of nitrogens with zero attached hydrogens (tertiary/aromatic N) is 1. The molecule has 0 saturated heterocycles.